The van der Waals surface area contributed by atoms with Crippen LogP contribution >= 0.6 is 0 Å². The van der Waals surface area contributed by atoms with Crippen LogP contribution < -0.4 is 0 Å². The molecule has 0 unspecified atom stereocenters. The second-order valence-corrected chi connectivity index (χ2v) is 8.02. The van der Waals surface area contributed by atoms with Crippen LogP contribution in [0.1, 0.15) is 71.1 Å². The van der Waals surface area contributed by atoms with E-state index in [0.717, 1.165) is 27.6 Å². The van der Waals surface area contributed by atoms with Gasteiger partial charge in [0.25, 0.3) is 0 Å². The fraction of sp³-hybridized carbons (Fsp3) is 1.00. The zero-order valence-corrected chi connectivity index (χ0v) is 10.6. The number of hydrogen-bond donors (Lipinski definition) is 0. The molecule has 0 aromatic carbocycles. The standard InChI is InChI=1S/C16H24/c1-2-12-13(3-4-13)11-14(5-6-14)16(9-10-16)15(12)7-8-15/h12H,2-11H2,1H3/t12-/m1/s1. The second-order valence-electron chi connectivity index (χ2n) is 8.02. The molecule has 4 spiro atoms. The van der Waals surface area contributed by atoms with E-state index in [-0.39, 0.29) is 0 Å². The van der Waals surface area contributed by atoms with Crippen LogP contribution in [0.2, 0.25) is 0 Å². The lowest BCUT2D eigenvalue weighted by molar-refractivity contribution is -0.0327. The molecule has 0 radical (unpaired) electrons. The highest BCUT2D eigenvalue weighted by Crippen LogP contribution is 2.92. The van der Waals surface area contributed by atoms with E-state index in [2.05, 4.69) is 6.92 Å². The fourth-order valence-electron chi connectivity index (χ4n) is 6.84. The van der Waals surface area contributed by atoms with Crippen LogP contribution in [0.4, 0.5) is 0 Å². The summed E-state index contributed by atoms with van der Waals surface area (Å²) in [7, 11) is 0. The molecule has 88 valence electrons. The first-order valence-corrected chi connectivity index (χ1v) is 7.73. The van der Waals surface area contributed by atoms with Gasteiger partial charge in [0.1, 0.15) is 0 Å². The van der Waals surface area contributed by atoms with Crippen LogP contribution in [0.15, 0.2) is 0 Å². The molecule has 5 aliphatic rings. The molecule has 0 heterocycles. The van der Waals surface area contributed by atoms with Gasteiger partial charge in [-0.2, -0.15) is 0 Å². The number of rotatable bonds is 1. The average Bonchev–Trinajstić information content (AvgIpc) is 3.08. The lowest BCUT2D eigenvalue weighted by atomic mass is 9.53. The summed E-state index contributed by atoms with van der Waals surface area (Å²) in [6.07, 6.45) is 16.1. The summed E-state index contributed by atoms with van der Waals surface area (Å²) < 4.78 is 0. The van der Waals surface area contributed by atoms with Crippen molar-refractivity contribution >= 4 is 0 Å². The highest BCUT2D eigenvalue weighted by atomic mass is 14.9. The lowest BCUT2D eigenvalue weighted by Crippen LogP contribution is -2.45. The molecule has 0 aromatic heterocycles. The van der Waals surface area contributed by atoms with Crippen molar-refractivity contribution in [3.05, 3.63) is 0 Å². The van der Waals surface area contributed by atoms with E-state index in [0.29, 0.717) is 0 Å². The molecule has 0 bridgehead atoms. The maximum Gasteiger partial charge on any atom is -0.0181 e. The summed E-state index contributed by atoms with van der Waals surface area (Å²) in [5.41, 5.74) is 3.60. The third kappa shape index (κ3) is 0.703. The van der Waals surface area contributed by atoms with E-state index in [4.69, 9.17) is 0 Å². The molecular formula is C16H24. The Morgan fingerprint density at radius 1 is 0.875 bits per heavy atom. The van der Waals surface area contributed by atoms with Gasteiger partial charge in [-0.3, -0.25) is 0 Å². The zero-order chi connectivity index (χ0) is 10.6. The van der Waals surface area contributed by atoms with Crippen LogP contribution in [-0.4, -0.2) is 0 Å². The fourth-order valence-corrected chi connectivity index (χ4v) is 6.84. The molecule has 0 aromatic rings. The first kappa shape index (κ1) is 9.00. The van der Waals surface area contributed by atoms with Gasteiger partial charge >= 0.3 is 0 Å². The molecule has 5 fully saturated rings. The summed E-state index contributed by atoms with van der Waals surface area (Å²) in [6.45, 7) is 2.49. The summed E-state index contributed by atoms with van der Waals surface area (Å²) >= 11 is 0. The van der Waals surface area contributed by atoms with Crippen LogP contribution in [0.3, 0.4) is 0 Å². The van der Waals surface area contributed by atoms with Gasteiger partial charge in [0.15, 0.2) is 0 Å². The molecule has 0 aliphatic heterocycles. The Labute approximate surface area is 99.2 Å². The minimum atomic E-state index is 0.885. The van der Waals surface area contributed by atoms with Gasteiger partial charge in [-0.15, -0.1) is 0 Å². The Morgan fingerprint density at radius 3 is 1.94 bits per heavy atom. The van der Waals surface area contributed by atoms with E-state index in [1.807, 2.05) is 0 Å². The summed E-state index contributed by atoms with van der Waals surface area (Å²) in [4.78, 5) is 0. The average molecular weight is 216 g/mol. The largest absolute Gasteiger partial charge is 0.0651 e. The minimum Gasteiger partial charge on any atom is -0.0651 e. The molecule has 1 atom stereocenters. The Kier molecular flexibility index (Phi) is 1.21. The van der Waals surface area contributed by atoms with Crippen LogP contribution in [0, 0.1) is 27.6 Å². The first-order chi connectivity index (χ1) is 7.73. The molecule has 0 nitrogen and oxygen atoms in total. The Balaban J connectivity index is 1.66. The zero-order valence-electron chi connectivity index (χ0n) is 10.6. The van der Waals surface area contributed by atoms with Crippen molar-refractivity contribution in [3.63, 3.8) is 0 Å². The van der Waals surface area contributed by atoms with Gasteiger partial charge in [-0.05, 0) is 85.4 Å². The Morgan fingerprint density at radius 2 is 1.56 bits per heavy atom. The minimum absolute atomic E-state index is 0.885. The smallest absolute Gasteiger partial charge is 0.0181 e. The maximum atomic E-state index is 2.49. The van der Waals surface area contributed by atoms with Crippen molar-refractivity contribution in [3.8, 4) is 0 Å². The topological polar surface area (TPSA) is 0 Å². The number of fused-ring (bicyclic) bond motifs is 2. The van der Waals surface area contributed by atoms with Crippen molar-refractivity contribution in [2.24, 2.45) is 27.6 Å². The van der Waals surface area contributed by atoms with Gasteiger partial charge in [-0.25, -0.2) is 0 Å². The SMILES string of the molecule is CC[C@@H]1C2(CC2)CC2(CC2)C2(CC2)C12CC2. The van der Waals surface area contributed by atoms with Gasteiger partial charge in [0, 0.05) is 0 Å². The molecule has 5 aliphatic carbocycles. The van der Waals surface area contributed by atoms with Crippen molar-refractivity contribution in [2.45, 2.75) is 71.1 Å². The van der Waals surface area contributed by atoms with Crippen molar-refractivity contribution in [1.29, 1.82) is 0 Å². The van der Waals surface area contributed by atoms with Crippen molar-refractivity contribution in [1.82, 2.24) is 0 Å². The third-order valence-electron chi connectivity index (χ3n) is 7.76. The van der Waals surface area contributed by atoms with Crippen LogP contribution in [-0.2, 0) is 0 Å². The lowest BCUT2D eigenvalue weighted by Gasteiger charge is -2.51. The highest BCUT2D eigenvalue weighted by molar-refractivity contribution is 5.33. The quantitative estimate of drug-likeness (QED) is 0.604. The number of hydrogen-bond acceptors (Lipinski definition) is 0. The molecule has 5 saturated carbocycles. The normalized spacial score (nSPS) is 45.2. The predicted molar refractivity (Wildman–Crippen MR) is 65.1 cm³/mol. The maximum absolute atomic E-state index is 2.49. The van der Waals surface area contributed by atoms with Gasteiger partial charge < -0.3 is 0 Å². The molecule has 5 rings (SSSR count). The predicted octanol–water partition coefficient (Wildman–Crippen LogP) is 4.54. The monoisotopic (exact) mass is 216 g/mol. The third-order valence-corrected chi connectivity index (χ3v) is 7.76. The second kappa shape index (κ2) is 2.15. The highest BCUT2D eigenvalue weighted by Gasteiger charge is 2.84. The molecule has 16 heavy (non-hydrogen) atoms. The molecule has 0 heteroatoms. The van der Waals surface area contributed by atoms with Gasteiger partial charge in [0.05, 0.1) is 0 Å². The summed E-state index contributed by atoms with van der Waals surface area (Å²) in [5, 5.41) is 0. The Bertz CT molecular complexity index is 361. The van der Waals surface area contributed by atoms with E-state index in [1.54, 1.807) is 57.8 Å². The van der Waals surface area contributed by atoms with Crippen molar-refractivity contribution < 1.29 is 0 Å². The van der Waals surface area contributed by atoms with E-state index < -0.39 is 0 Å². The van der Waals surface area contributed by atoms with E-state index in [1.165, 1.54) is 6.42 Å². The van der Waals surface area contributed by atoms with Crippen molar-refractivity contribution in [2.75, 3.05) is 0 Å². The first-order valence-electron chi connectivity index (χ1n) is 7.73. The van der Waals surface area contributed by atoms with Crippen LogP contribution in [0.5, 0.6) is 0 Å². The molecular weight excluding hydrogens is 192 g/mol. The van der Waals surface area contributed by atoms with E-state index in [9.17, 15) is 0 Å². The Hall–Kier alpha value is 0. The summed E-state index contributed by atoms with van der Waals surface area (Å²) in [5.74, 6) is 1.15. The van der Waals surface area contributed by atoms with E-state index >= 15 is 0 Å². The molecule has 0 saturated heterocycles. The van der Waals surface area contributed by atoms with Crippen LogP contribution in [0.25, 0.3) is 0 Å². The molecule has 0 N–H and O–H groups in total. The van der Waals surface area contributed by atoms with Gasteiger partial charge in [-0.1, -0.05) is 13.3 Å². The summed E-state index contributed by atoms with van der Waals surface area (Å²) in [6, 6.07) is 0. The van der Waals surface area contributed by atoms with Gasteiger partial charge in [0.2, 0.25) is 0 Å². The molecule has 0 amide bonds.